The lowest BCUT2D eigenvalue weighted by atomic mass is 10.1. The fourth-order valence-electron chi connectivity index (χ4n) is 1.69. The van der Waals surface area contributed by atoms with Crippen LogP contribution in [0.15, 0.2) is 42.6 Å². The third-order valence-corrected chi connectivity index (χ3v) is 2.60. The van der Waals surface area contributed by atoms with Gasteiger partial charge in [0.2, 0.25) is 0 Å². The van der Waals surface area contributed by atoms with Crippen molar-refractivity contribution in [1.29, 1.82) is 0 Å². The zero-order chi connectivity index (χ0) is 13.8. The summed E-state index contributed by atoms with van der Waals surface area (Å²) in [4.78, 5) is 4.14. The summed E-state index contributed by atoms with van der Waals surface area (Å²) >= 11 is 0. The van der Waals surface area contributed by atoms with E-state index >= 15 is 0 Å². The van der Waals surface area contributed by atoms with Crippen molar-refractivity contribution in [2.75, 3.05) is 0 Å². The highest BCUT2D eigenvalue weighted by atomic mass is 19.1. The smallest absolute Gasteiger partial charge is 0.168 e. The summed E-state index contributed by atoms with van der Waals surface area (Å²) in [7, 11) is 0. The molecule has 1 aromatic carbocycles. The van der Waals surface area contributed by atoms with E-state index in [4.69, 9.17) is 10.5 Å². The predicted molar refractivity (Wildman–Crippen MR) is 67.6 cm³/mol. The molecule has 5 heteroatoms. The topological polar surface area (TPSA) is 48.1 Å². The molecule has 2 atom stereocenters. The summed E-state index contributed by atoms with van der Waals surface area (Å²) < 4.78 is 31.9. The first-order chi connectivity index (χ1) is 9.08. The zero-order valence-electron chi connectivity index (χ0n) is 10.4. The van der Waals surface area contributed by atoms with E-state index < -0.39 is 17.7 Å². The molecule has 0 spiro atoms. The fourth-order valence-corrected chi connectivity index (χ4v) is 1.69. The molecule has 0 saturated heterocycles. The van der Waals surface area contributed by atoms with E-state index in [1.165, 1.54) is 6.07 Å². The molecular formula is C14H14F2N2O. The molecule has 2 N–H and O–H groups in total. The highest BCUT2D eigenvalue weighted by molar-refractivity contribution is 5.26. The molecule has 0 fully saturated rings. The molecule has 0 saturated carbocycles. The van der Waals surface area contributed by atoms with E-state index in [-0.39, 0.29) is 11.8 Å². The molecule has 0 radical (unpaired) electrons. The van der Waals surface area contributed by atoms with Gasteiger partial charge in [0.05, 0.1) is 5.69 Å². The maximum absolute atomic E-state index is 13.6. The monoisotopic (exact) mass is 264 g/mol. The first kappa shape index (κ1) is 13.4. The van der Waals surface area contributed by atoms with Gasteiger partial charge in [-0.3, -0.25) is 4.98 Å². The van der Waals surface area contributed by atoms with Crippen LogP contribution < -0.4 is 10.5 Å². The Balaban J connectivity index is 2.27. The van der Waals surface area contributed by atoms with Crippen LogP contribution >= 0.6 is 0 Å². The summed E-state index contributed by atoms with van der Waals surface area (Å²) in [6.07, 6.45) is 1.01. The van der Waals surface area contributed by atoms with E-state index in [2.05, 4.69) is 4.98 Å². The summed E-state index contributed by atoms with van der Waals surface area (Å²) in [6, 6.07) is 8.06. The van der Waals surface area contributed by atoms with E-state index in [9.17, 15) is 8.78 Å². The fraction of sp³-hybridized carbons (Fsp3) is 0.214. The van der Waals surface area contributed by atoms with Gasteiger partial charge < -0.3 is 10.5 Å². The van der Waals surface area contributed by atoms with Gasteiger partial charge in [-0.15, -0.1) is 0 Å². The Labute approximate surface area is 110 Å². The second-order valence-corrected chi connectivity index (χ2v) is 4.23. The number of hydrogen-bond donors (Lipinski definition) is 1. The van der Waals surface area contributed by atoms with Gasteiger partial charge >= 0.3 is 0 Å². The highest BCUT2D eigenvalue weighted by Crippen LogP contribution is 2.25. The molecule has 0 aliphatic carbocycles. The minimum atomic E-state index is -0.762. The summed E-state index contributed by atoms with van der Waals surface area (Å²) in [5, 5.41) is 0. The van der Waals surface area contributed by atoms with Gasteiger partial charge in [0.25, 0.3) is 0 Å². The number of ether oxygens (including phenoxy) is 1. The maximum atomic E-state index is 13.6. The second-order valence-electron chi connectivity index (χ2n) is 4.23. The van der Waals surface area contributed by atoms with Crippen LogP contribution in [-0.2, 0) is 0 Å². The summed E-state index contributed by atoms with van der Waals surface area (Å²) in [5.41, 5.74) is 6.43. The Morgan fingerprint density at radius 2 is 2.00 bits per heavy atom. The van der Waals surface area contributed by atoms with Gasteiger partial charge in [-0.1, -0.05) is 6.07 Å². The van der Waals surface area contributed by atoms with Gasteiger partial charge in [-0.25, -0.2) is 8.78 Å². The number of halogens is 2. The van der Waals surface area contributed by atoms with Gasteiger partial charge in [-0.2, -0.15) is 0 Å². The SMILES string of the molecule is CC(N)C(Oc1ccc(F)cc1F)c1ccccn1. The third kappa shape index (κ3) is 3.26. The lowest BCUT2D eigenvalue weighted by Crippen LogP contribution is -2.29. The lowest BCUT2D eigenvalue weighted by Gasteiger charge is -2.22. The summed E-state index contributed by atoms with van der Waals surface area (Å²) in [6.45, 7) is 1.74. The molecule has 3 nitrogen and oxygen atoms in total. The van der Waals surface area contributed by atoms with Crippen molar-refractivity contribution in [3.8, 4) is 5.75 Å². The number of aromatic nitrogens is 1. The molecule has 1 aromatic heterocycles. The Morgan fingerprint density at radius 1 is 1.21 bits per heavy atom. The van der Waals surface area contributed by atoms with Crippen LogP contribution in [0.3, 0.4) is 0 Å². The number of nitrogens with two attached hydrogens (primary N) is 1. The van der Waals surface area contributed by atoms with Crippen LogP contribution in [0.1, 0.15) is 18.7 Å². The molecule has 0 bridgehead atoms. The molecular weight excluding hydrogens is 250 g/mol. The van der Waals surface area contributed by atoms with E-state index in [1.807, 2.05) is 0 Å². The van der Waals surface area contributed by atoms with Crippen LogP contribution in [0.2, 0.25) is 0 Å². The number of pyridine rings is 1. The largest absolute Gasteiger partial charge is 0.479 e. The lowest BCUT2D eigenvalue weighted by molar-refractivity contribution is 0.168. The van der Waals surface area contributed by atoms with Crippen molar-refractivity contribution < 1.29 is 13.5 Å². The molecule has 1 heterocycles. The first-order valence-corrected chi connectivity index (χ1v) is 5.86. The molecule has 2 rings (SSSR count). The molecule has 0 aliphatic heterocycles. The van der Waals surface area contributed by atoms with Crippen molar-refractivity contribution in [3.63, 3.8) is 0 Å². The van der Waals surface area contributed by atoms with E-state index in [0.717, 1.165) is 12.1 Å². The average molecular weight is 264 g/mol. The Bertz CT molecular complexity index is 546. The van der Waals surface area contributed by atoms with E-state index in [1.54, 1.807) is 31.3 Å². The quantitative estimate of drug-likeness (QED) is 0.923. The third-order valence-electron chi connectivity index (χ3n) is 2.60. The van der Waals surface area contributed by atoms with Gasteiger partial charge in [0.15, 0.2) is 17.7 Å². The molecule has 2 unspecified atom stereocenters. The number of rotatable bonds is 4. The predicted octanol–water partition coefficient (Wildman–Crippen LogP) is 2.83. The Kier molecular flexibility index (Phi) is 4.06. The minimum Gasteiger partial charge on any atom is -0.479 e. The maximum Gasteiger partial charge on any atom is 0.168 e. The number of hydrogen-bond acceptors (Lipinski definition) is 3. The van der Waals surface area contributed by atoms with E-state index in [0.29, 0.717) is 5.69 Å². The van der Waals surface area contributed by atoms with Crippen LogP contribution in [0.5, 0.6) is 5.75 Å². The van der Waals surface area contributed by atoms with Crippen LogP contribution in [0.25, 0.3) is 0 Å². The van der Waals surface area contributed by atoms with Gasteiger partial charge in [0.1, 0.15) is 5.82 Å². The molecule has 19 heavy (non-hydrogen) atoms. The zero-order valence-corrected chi connectivity index (χ0v) is 10.4. The van der Waals surface area contributed by atoms with Crippen LogP contribution in [-0.4, -0.2) is 11.0 Å². The minimum absolute atomic E-state index is 0.0469. The Morgan fingerprint density at radius 3 is 2.58 bits per heavy atom. The molecule has 0 amide bonds. The summed E-state index contributed by atoms with van der Waals surface area (Å²) in [5.74, 6) is -1.46. The number of nitrogens with zero attached hydrogens (tertiary/aromatic N) is 1. The molecule has 2 aromatic rings. The van der Waals surface area contributed by atoms with Crippen molar-refractivity contribution in [1.82, 2.24) is 4.98 Å². The standard InChI is InChI=1S/C14H14F2N2O/c1-9(17)14(12-4-2-3-7-18-12)19-13-6-5-10(15)8-11(13)16/h2-9,14H,17H2,1H3. The average Bonchev–Trinajstić information content (AvgIpc) is 2.38. The Hall–Kier alpha value is -2.01. The van der Waals surface area contributed by atoms with Crippen molar-refractivity contribution in [2.24, 2.45) is 5.73 Å². The van der Waals surface area contributed by atoms with Crippen molar-refractivity contribution in [2.45, 2.75) is 19.1 Å². The van der Waals surface area contributed by atoms with Gasteiger partial charge in [0, 0.05) is 18.3 Å². The van der Waals surface area contributed by atoms with Crippen LogP contribution in [0, 0.1) is 11.6 Å². The van der Waals surface area contributed by atoms with Crippen molar-refractivity contribution in [3.05, 3.63) is 59.9 Å². The first-order valence-electron chi connectivity index (χ1n) is 5.86. The number of benzene rings is 1. The van der Waals surface area contributed by atoms with Crippen molar-refractivity contribution >= 4 is 0 Å². The highest BCUT2D eigenvalue weighted by Gasteiger charge is 2.21. The normalized spacial score (nSPS) is 13.9. The molecule has 0 aliphatic rings. The van der Waals surface area contributed by atoms with Crippen LogP contribution in [0.4, 0.5) is 8.78 Å². The molecule has 100 valence electrons. The van der Waals surface area contributed by atoms with Gasteiger partial charge in [-0.05, 0) is 31.2 Å². The second kappa shape index (κ2) is 5.75.